The van der Waals surface area contributed by atoms with Crippen LogP contribution in [-0.4, -0.2) is 41.8 Å². The van der Waals surface area contributed by atoms with E-state index in [1.165, 1.54) is 25.4 Å². The SMILES string of the molecule is COc1ccc(CCC(=O)N(CC(F)F)C(C(=O)NCc2ccc(Cl)cc2)c2ccc(=O)[nH]c2)cc1. The van der Waals surface area contributed by atoms with Crippen molar-refractivity contribution in [1.82, 2.24) is 15.2 Å². The summed E-state index contributed by atoms with van der Waals surface area (Å²) in [5, 5.41) is 3.23. The number of halogens is 3. The van der Waals surface area contributed by atoms with Crippen LogP contribution < -0.4 is 15.6 Å². The smallest absolute Gasteiger partial charge is 0.255 e. The van der Waals surface area contributed by atoms with Crippen LogP contribution >= 0.6 is 11.6 Å². The molecule has 1 unspecified atom stereocenters. The number of amides is 2. The van der Waals surface area contributed by atoms with Crippen LogP contribution in [0.3, 0.4) is 0 Å². The van der Waals surface area contributed by atoms with E-state index in [4.69, 9.17) is 16.3 Å². The molecule has 0 saturated heterocycles. The first kappa shape index (κ1) is 26.9. The van der Waals surface area contributed by atoms with E-state index in [0.29, 0.717) is 10.8 Å². The number of ether oxygens (including phenoxy) is 1. The van der Waals surface area contributed by atoms with Gasteiger partial charge in [-0.25, -0.2) is 8.78 Å². The van der Waals surface area contributed by atoms with Crippen LogP contribution in [0.25, 0.3) is 0 Å². The molecule has 0 aliphatic rings. The lowest BCUT2D eigenvalue weighted by Gasteiger charge is -2.31. The molecule has 2 amide bonds. The van der Waals surface area contributed by atoms with E-state index in [1.807, 2.05) is 0 Å². The van der Waals surface area contributed by atoms with Gasteiger partial charge in [-0.15, -0.1) is 0 Å². The lowest BCUT2D eigenvalue weighted by Crippen LogP contribution is -2.45. The Morgan fingerprint density at radius 2 is 1.69 bits per heavy atom. The summed E-state index contributed by atoms with van der Waals surface area (Å²) >= 11 is 5.89. The molecule has 1 aromatic heterocycles. The van der Waals surface area contributed by atoms with Gasteiger partial charge >= 0.3 is 0 Å². The normalized spacial score (nSPS) is 11.7. The average molecular weight is 518 g/mol. The van der Waals surface area contributed by atoms with E-state index in [1.54, 1.807) is 48.5 Å². The quantitative estimate of drug-likeness (QED) is 0.400. The van der Waals surface area contributed by atoms with Crippen LogP contribution in [0.5, 0.6) is 5.75 Å². The molecule has 7 nitrogen and oxygen atoms in total. The van der Waals surface area contributed by atoms with Gasteiger partial charge < -0.3 is 19.9 Å². The van der Waals surface area contributed by atoms with Crippen molar-refractivity contribution in [3.05, 3.63) is 98.9 Å². The number of carbonyl (C=O) groups excluding carboxylic acids is 2. The number of methoxy groups -OCH3 is 1. The van der Waals surface area contributed by atoms with Gasteiger partial charge in [-0.05, 0) is 47.9 Å². The minimum atomic E-state index is -2.87. The van der Waals surface area contributed by atoms with E-state index in [0.717, 1.165) is 16.0 Å². The first-order valence-corrected chi connectivity index (χ1v) is 11.6. The fourth-order valence-corrected chi connectivity index (χ4v) is 3.77. The Labute approximate surface area is 212 Å². The number of aromatic nitrogens is 1. The number of hydrogen-bond acceptors (Lipinski definition) is 4. The number of benzene rings is 2. The molecule has 0 aliphatic carbocycles. The van der Waals surface area contributed by atoms with Gasteiger partial charge in [0.15, 0.2) is 0 Å². The zero-order valence-corrected chi connectivity index (χ0v) is 20.3. The summed E-state index contributed by atoms with van der Waals surface area (Å²) in [5.41, 5.74) is 1.33. The molecule has 0 spiro atoms. The van der Waals surface area contributed by atoms with Gasteiger partial charge in [-0.2, -0.15) is 0 Å². The minimum Gasteiger partial charge on any atom is -0.497 e. The van der Waals surface area contributed by atoms with Gasteiger partial charge in [-0.1, -0.05) is 35.9 Å². The third-order valence-corrected chi connectivity index (χ3v) is 5.76. The molecule has 0 saturated carbocycles. The molecule has 0 fully saturated rings. The monoisotopic (exact) mass is 517 g/mol. The average Bonchev–Trinajstić information content (AvgIpc) is 2.87. The molecule has 3 aromatic rings. The number of nitrogens with zero attached hydrogens (tertiary/aromatic N) is 1. The molecule has 0 radical (unpaired) electrons. The molecular weight excluding hydrogens is 492 g/mol. The third-order valence-electron chi connectivity index (χ3n) is 5.51. The van der Waals surface area contributed by atoms with Crippen molar-refractivity contribution < 1.29 is 23.1 Å². The number of aryl methyl sites for hydroxylation is 1. The lowest BCUT2D eigenvalue weighted by molar-refractivity contribution is -0.143. The maximum Gasteiger partial charge on any atom is 0.255 e. The highest BCUT2D eigenvalue weighted by atomic mass is 35.5. The molecule has 2 N–H and O–H groups in total. The largest absolute Gasteiger partial charge is 0.497 e. The summed E-state index contributed by atoms with van der Waals surface area (Å²) in [7, 11) is 1.54. The second-order valence-electron chi connectivity index (χ2n) is 8.02. The summed E-state index contributed by atoms with van der Waals surface area (Å²) in [6.45, 7) is -0.849. The molecule has 10 heteroatoms. The van der Waals surface area contributed by atoms with Gasteiger partial charge in [-0.3, -0.25) is 14.4 Å². The van der Waals surface area contributed by atoms with E-state index in [9.17, 15) is 23.2 Å². The van der Waals surface area contributed by atoms with E-state index in [2.05, 4.69) is 10.3 Å². The van der Waals surface area contributed by atoms with Crippen LogP contribution in [0.4, 0.5) is 8.78 Å². The number of hydrogen-bond donors (Lipinski definition) is 2. The van der Waals surface area contributed by atoms with Crippen molar-refractivity contribution in [3.63, 3.8) is 0 Å². The standard InChI is InChI=1S/C26H26ClF2N3O4/c1-36-21-10-4-17(5-11-21)6-13-24(34)32(16-22(28)29)25(19-7-12-23(33)30-15-19)26(35)31-14-18-2-8-20(27)9-3-18/h2-5,7-12,15,22,25H,6,13-14,16H2,1H3,(H,30,33)(H,31,35). The van der Waals surface area contributed by atoms with Crippen molar-refractivity contribution in [2.45, 2.75) is 31.9 Å². The van der Waals surface area contributed by atoms with Gasteiger partial charge in [0.25, 0.3) is 6.43 Å². The fourth-order valence-electron chi connectivity index (χ4n) is 3.64. The second-order valence-corrected chi connectivity index (χ2v) is 8.45. The number of rotatable bonds is 11. The highest BCUT2D eigenvalue weighted by Gasteiger charge is 2.33. The fraction of sp³-hybridized carbons (Fsp3) is 0.269. The zero-order valence-electron chi connectivity index (χ0n) is 19.5. The molecule has 0 aliphatic heterocycles. The van der Waals surface area contributed by atoms with Gasteiger partial charge in [0, 0.05) is 35.8 Å². The summed E-state index contributed by atoms with van der Waals surface area (Å²) in [5.74, 6) is -0.626. The summed E-state index contributed by atoms with van der Waals surface area (Å²) in [6, 6.07) is 15.0. The predicted molar refractivity (Wildman–Crippen MR) is 132 cm³/mol. The van der Waals surface area contributed by atoms with Crippen LogP contribution in [0.15, 0.2) is 71.7 Å². The summed E-state index contributed by atoms with van der Waals surface area (Å²) < 4.78 is 32.3. The number of aromatic amines is 1. The molecule has 1 atom stereocenters. The van der Waals surface area contributed by atoms with E-state index < -0.39 is 36.4 Å². The van der Waals surface area contributed by atoms with Crippen molar-refractivity contribution in [1.29, 1.82) is 0 Å². The van der Waals surface area contributed by atoms with Crippen molar-refractivity contribution in [2.75, 3.05) is 13.7 Å². The highest BCUT2D eigenvalue weighted by molar-refractivity contribution is 6.30. The molecule has 190 valence electrons. The predicted octanol–water partition coefficient (Wildman–Crippen LogP) is 4.12. The van der Waals surface area contributed by atoms with Gasteiger partial charge in [0.05, 0.1) is 13.7 Å². The van der Waals surface area contributed by atoms with Gasteiger partial charge in [0.2, 0.25) is 17.4 Å². The lowest BCUT2D eigenvalue weighted by atomic mass is 10.0. The number of carbonyl (C=O) groups is 2. The van der Waals surface area contributed by atoms with Crippen molar-refractivity contribution in [3.8, 4) is 5.75 Å². The molecular formula is C26H26ClF2N3O4. The highest BCUT2D eigenvalue weighted by Crippen LogP contribution is 2.24. The Bertz CT molecular complexity index is 1200. The van der Waals surface area contributed by atoms with Crippen molar-refractivity contribution >= 4 is 23.4 Å². The van der Waals surface area contributed by atoms with Crippen LogP contribution in [0.1, 0.15) is 29.2 Å². The number of pyridine rings is 1. The van der Waals surface area contributed by atoms with E-state index in [-0.39, 0.29) is 24.9 Å². The Morgan fingerprint density at radius 1 is 1.03 bits per heavy atom. The topological polar surface area (TPSA) is 91.5 Å². The Balaban J connectivity index is 1.83. The first-order chi connectivity index (χ1) is 17.3. The Hall–Kier alpha value is -3.72. The maximum atomic E-state index is 13.6. The van der Waals surface area contributed by atoms with Crippen LogP contribution in [0, 0.1) is 0 Å². The van der Waals surface area contributed by atoms with E-state index >= 15 is 0 Å². The van der Waals surface area contributed by atoms with Crippen molar-refractivity contribution in [2.24, 2.45) is 0 Å². The first-order valence-electron chi connectivity index (χ1n) is 11.2. The third kappa shape index (κ3) is 7.64. The van der Waals surface area contributed by atoms with Gasteiger partial charge in [0.1, 0.15) is 11.8 Å². The molecule has 1 heterocycles. The molecule has 0 bridgehead atoms. The minimum absolute atomic E-state index is 0.0939. The number of alkyl halides is 2. The zero-order chi connectivity index (χ0) is 26.1. The number of H-pyrrole nitrogens is 1. The molecule has 3 rings (SSSR count). The molecule has 2 aromatic carbocycles. The summed E-state index contributed by atoms with van der Waals surface area (Å²) in [4.78, 5) is 41.3. The summed E-state index contributed by atoms with van der Waals surface area (Å²) in [6.07, 6.45) is -1.43. The number of nitrogens with one attached hydrogen (secondary N) is 2. The van der Waals surface area contributed by atoms with Crippen LogP contribution in [-0.2, 0) is 22.6 Å². The maximum absolute atomic E-state index is 13.6. The second kappa shape index (κ2) is 12.8. The Morgan fingerprint density at radius 3 is 2.28 bits per heavy atom. The molecule has 36 heavy (non-hydrogen) atoms. The van der Waals surface area contributed by atoms with Crippen LogP contribution in [0.2, 0.25) is 5.02 Å². The Kier molecular flexibility index (Phi) is 9.58.